The van der Waals surface area contributed by atoms with Crippen LogP contribution in [0.2, 0.25) is 0 Å². The maximum absolute atomic E-state index is 11.8. The van der Waals surface area contributed by atoms with Crippen molar-refractivity contribution < 1.29 is 9.59 Å². The number of aldehydes is 1. The standard InChI is InChI=1S/C13H24O2/c1-5-11(9-14)7-8-13(15)12(6-2)10(3)4/h9-12H,5-8H2,1-4H3. The minimum absolute atomic E-state index is 0.0682. The van der Waals surface area contributed by atoms with Crippen molar-refractivity contribution in [2.24, 2.45) is 17.8 Å². The van der Waals surface area contributed by atoms with Crippen LogP contribution in [-0.2, 0) is 9.59 Å². The van der Waals surface area contributed by atoms with Crippen LogP contribution >= 0.6 is 0 Å². The lowest BCUT2D eigenvalue weighted by Crippen LogP contribution is -2.20. The van der Waals surface area contributed by atoms with E-state index in [0.29, 0.717) is 18.1 Å². The van der Waals surface area contributed by atoms with Gasteiger partial charge in [-0.25, -0.2) is 0 Å². The van der Waals surface area contributed by atoms with Crippen LogP contribution in [0.15, 0.2) is 0 Å². The van der Waals surface area contributed by atoms with Crippen molar-refractivity contribution >= 4 is 12.1 Å². The average Bonchev–Trinajstić information content (AvgIpc) is 2.19. The minimum Gasteiger partial charge on any atom is -0.303 e. The average molecular weight is 212 g/mol. The zero-order valence-electron chi connectivity index (χ0n) is 10.5. The third-order valence-electron chi connectivity index (χ3n) is 3.14. The molecule has 0 rings (SSSR count). The second-order valence-electron chi connectivity index (χ2n) is 4.57. The Labute approximate surface area is 93.4 Å². The smallest absolute Gasteiger partial charge is 0.136 e. The highest BCUT2D eigenvalue weighted by Crippen LogP contribution is 2.20. The SMILES string of the molecule is CCC(C=O)CCC(=O)C(CC)C(C)C. The molecule has 0 aliphatic carbocycles. The fourth-order valence-electron chi connectivity index (χ4n) is 1.95. The van der Waals surface area contributed by atoms with Crippen LogP contribution in [0.25, 0.3) is 0 Å². The predicted octanol–water partition coefficient (Wildman–Crippen LogP) is 3.24. The van der Waals surface area contributed by atoms with Crippen LogP contribution in [0.4, 0.5) is 0 Å². The molecule has 2 atom stereocenters. The number of ketones is 1. The predicted molar refractivity (Wildman–Crippen MR) is 62.7 cm³/mol. The molecule has 0 aliphatic heterocycles. The molecule has 0 aromatic rings. The third kappa shape index (κ3) is 5.10. The van der Waals surface area contributed by atoms with Crippen LogP contribution in [0.3, 0.4) is 0 Å². The van der Waals surface area contributed by atoms with Gasteiger partial charge in [-0.1, -0.05) is 27.7 Å². The van der Waals surface area contributed by atoms with Crippen molar-refractivity contribution in [2.75, 3.05) is 0 Å². The number of hydrogen-bond acceptors (Lipinski definition) is 2. The van der Waals surface area contributed by atoms with Gasteiger partial charge < -0.3 is 4.79 Å². The highest BCUT2D eigenvalue weighted by atomic mass is 16.1. The van der Waals surface area contributed by atoms with Gasteiger partial charge in [0.25, 0.3) is 0 Å². The highest BCUT2D eigenvalue weighted by molar-refractivity contribution is 5.81. The van der Waals surface area contributed by atoms with E-state index in [4.69, 9.17) is 0 Å². The van der Waals surface area contributed by atoms with Crippen LogP contribution < -0.4 is 0 Å². The molecule has 0 N–H and O–H groups in total. The summed E-state index contributed by atoms with van der Waals surface area (Å²) in [6.07, 6.45) is 4.02. The normalized spacial score (nSPS) is 15.0. The molecule has 2 unspecified atom stereocenters. The Morgan fingerprint density at radius 1 is 1.20 bits per heavy atom. The van der Waals surface area contributed by atoms with Crippen LogP contribution in [0.5, 0.6) is 0 Å². The van der Waals surface area contributed by atoms with Crippen LogP contribution in [0, 0.1) is 17.8 Å². The summed E-state index contributed by atoms with van der Waals surface area (Å²) in [5, 5.41) is 0. The first-order valence-corrected chi connectivity index (χ1v) is 6.04. The molecule has 0 saturated heterocycles. The zero-order valence-corrected chi connectivity index (χ0v) is 10.5. The lowest BCUT2D eigenvalue weighted by atomic mass is 9.86. The lowest BCUT2D eigenvalue weighted by Gasteiger charge is -2.18. The Morgan fingerprint density at radius 2 is 1.80 bits per heavy atom. The fraction of sp³-hybridized carbons (Fsp3) is 0.846. The first-order valence-electron chi connectivity index (χ1n) is 6.04. The van der Waals surface area contributed by atoms with Crippen molar-refractivity contribution in [3.63, 3.8) is 0 Å². The summed E-state index contributed by atoms with van der Waals surface area (Å²) in [5.41, 5.74) is 0. The summed E-state index contributed by atoms with van der Waals surface area (Å²) in [4.78, 5) is 22.4. The first kappa shape index (κ1) is 14.3. The van der Waals surface area contributed by atoms with E-state index in [-0.39, 0.29) is 11.8 Å². The molecule has 0 radical (unpaired) electrons. The Hall–Kier alpha value is -0.660. The van der Waals surface area contributed by atoms with E-state index >= 15 is 0 Å². The van der Waals surface area contributed by atoms with Gasteiger partial charge in [-0.3, -0.25) is 4.79 Å². The van der Waals surface area contributed by atoms with E-state index in [1.807, 2.05) is 6.92 Å². The summed E-state index contributed by atoms with van der Waals surface area (Å²) in [5.74, 6) is 0.986. The molecular weight excluding hydrogens is 188 g/mol. The third-order valence-corrected chi connectivity index (χ3v) is 3.14. The van der Waals surface area contributed by atoms with Crippen molar-refractivity contribution in [1.82, 2.24) is 0 Å². The van der Waals surface area contributed by atoms with Gasteiger partial charge >= 0.3 is 0 Å². The van der Waals surface area contributed by atoms with Crippen molar-refractivity contribution in [1.29, 1.82) is 0 Å². The molecule has 2 nitrogen and oxygen atoms in total. The van der Waals surface area contributed by atoms with Gasteiger partial charge in [0.05, 0.1) is 0 Å². The minimum atomic E-state index is 0.0682. The van der Waals surface area contributed by atoms with Gasteiger partial charge in [0.2, 0.25) is 0 Å². The molecular formula is C13H24O2. The van der Waals surface area contributed by atoms with E-state index in [0.717, 1.165) is 25.5 Å². The van der Waals surface area contributed by atoms with Crippen molar-refractivity contribution in [3.8, 4) is 0 Å². The topological polar surface area (TPSA) is 34.1 Å². The molecule has 0 aromatic heterocycles. The second kappa shape index (κ2) is 7.61. The largest absolute Gasteiger partial charge is 0.303 e. The van der Waals surface area contributed by atoms with E-state index < -0.39 is 0 Å². The number of Topliss-reactive ketones (excluding diaryl/α,β-unsaturated/α-hetero) is 1. The van der Waals surface area contributed by atoms with E-state index in [2.05, 4.69) is 20.8 Å². The maximum Gasteiger partial charge on any atom is 0.136 e. The molecule has 88 valence electrons. The van der Waals surface area contributed by atoms with E-state index in [1.165, 1.54) is 0 Å². The van der Waals surface area contributed by atoms with Crippen molar-refractivity contribution in [2.45, 2.75) is 53.4 Å². The Kier molecular flexibility index (Phi) is 7.27. The number of rotatable bonds is 8. The Bertz CT molecular complexity index is 197. The van der Waals surface area contributed by atoms with E-state index in [9.17, 15) is 9.59 Å². The van der Waals surface area contributed by atoms with Gasteiger partial charge in [0.15, 0.2) is 0 Å². The monoisotopic (exact) mass is 212 g/mol. The fourth-order valence-corrected chi connectivity index (χ4v) is 1.95. The molecule has 0 bridgehead atoms. The molecule has 0 heterocycles. The van der Waals surface area contributed by atoms with Crippen LogP contribution in [-0.4, -0.2) is 12.1 Å². The van der Waals surface area contributed by atoms with Crippen molar-refractivity contribution in [3.05, 3.63) is 0 Å². The zero-order chi connectivity index (χ0) is 11.8. The van der Waals surface area contributed by atoms with Gasteiger partial charge in [-0.05, 0) is 25.2 Å². The maximum atomic E-state index is 11.8. The molecule has 0 aromatic carbocycles. The number of carbonyl (C=O) groups is 2. The Balaban J connectivity index is 4.06. The molecule has 0 amide bonds. The number of carbonyl (C=O) groups excluding carboxylic acids is 2. The van der Waals surface area contributed by atoms with Gasteiger partial charge in [-0.2, -0.15) is 0 Å². The quantitative estimate of drug-likeness (QED) is 0.579. The highest BCUT2D eigenvalue weighted by Gasteiger charge is 2.20. The first-order chi connectivity index (χ1) is 7.06. The molecule has 0 spiro atoms. The second-order valence-corrected chi connectivity index (χ2v) is 4.57. The molecule has 0 aliphatic rings. The molecule has 15 heavy (non-hydrogen) atoms. The summed E-state index contributed by atoms with van der Waals surface area (Å²) in [7, 11) is 0. The summed E-state index contributed by atoms with van der Waals surface area (Å²) >= 11 is 0. The number of hydrogen-bond donors (Lipinski definition) is 0. The van der Waals surface area contributed by atoms with Crippen LogP contribution in [0.1, 0.15) is 53.4 Å². The summed E-state index contributed by atoms with van der Waals surface area (Å²) in [6, 6.07) is 0. The van der Waals surface area contributed by atoms with Gasteiger partial charge in [-0.15, -0.1) is 0 Å². The van der Waals surface area contributed by atoms with Gasteiger partial charge in [0, 0.05) is 18.3 Å². The van der Waals surface area contributed by atoms with Gasteiger partial charge in [0.1, 0.15) is 12.1 Å². The Morgan fingerprint density at radius 3 is 2.13 bits per heavy atom. The summed E-state index contributed by atoms with van der Waals surface area (Å²) in [6.45, 7) is 8.22. The summed E-state index contributed by atoms with van der Waals surface area (Å²) < 4.78 is 0. The molecule has 2 heteroatoms. The molecule has 0 fully saturated rings. The molecule has 0 saturated carbocycles. The lowest BCUT2D eigenvalue weighted by molar-refractivity contribution is -0.124. The van der Waals surface area contributed by atoms with E-state index in [1.54, 1.807) is 0 Å².